The molecule has 1 aliphatic heterocycles. The summed E-state index contributed by atoms with van der Waals surface area (Å²) in [6.07, 6.45) is 4.24. The van der Waals surface area contributed by atoms with E-state index in [2.05, 4.69) is 6.07 Å². The van der Waals surface area contributed by atoms with Gasteiger partial charge in [0.05, 0.1) is 29.1 Å². The number of amides is 2. The van der Waals surface area contributed by atoms with Gasteiger partial charge in [0.15, 0.2) is 5.75 Å². The molecule has 12 nitrogen and oxygen atoms in total. The molecule has 306 valence electrons. The maximum absolute atomic E-state index is 14.9. The molecule has 2 amide bonds. The highest BCUT2D eigenvalue weighted by Crippen LogP contribution is 2.41. The van der Waals surface area contributed by atoms with E-state index in [0.717, 1.165) is 42.4 Å². The first-order chi connectivity index (χ1) is 26.6. The molecule has 14 heteroatoms. The number of carbonyl (C=O) groups is 2. The van der Waals surface area contributed by atoms with Gasteiger partial charge in [0, 0.05) is 58.8 Å². The number of methoxy groups -OCH3 is 2. The first-order valence-electron chi connectivity index (χ1n) is 19.2. The standard InChI is InChI=1S/C42H55Cl2N3O9/c1-28-20-35(43)38(36(44)21-28)55-17-15-45-13-11-31(25-37(45)48)42(51)12-14-46(40(50)56-41(2,3)4)27-34(42)39(49)47(32-9-10-32)26-30-22-29(8-7-16-52-5)23-33(24-30)54-19-18-53-6/h11,13,20-25,32,34,51H,7-10,12,14-19,26-27H2,1-6H3/t34-,42-/m1/s1. The topological polar surface area (TPSA) is 129 Å². The van der Waals surface area contributed by atoms with Crippen molar-refractivity contribution in [2.24, 2.45) is 5.92 Å². The minimum absolute atomic E-state index is 0.0185. The van der Waals surface area contributed by atoms with Crippen LogP contribution >= 0.6 is 23.2 Å². The van der Waals surface area contributed by atoms with Crippen LogP contribution in [0.4, 0.5) is 4.79 Å². The molecule has 0 unspecified atom stereocenters. The molecule has 1 N–H and O–H groups in total. The molecule has 2 atom stereocenters. The van der Waals surface area contributed by atoms with Crippen LogP contribution in [0, 0.1) is 12.8 Å². The Bertz CT molecular complexity index is 1840. The summed E-state index contributed by atoms with van der Waals surface area (Å²) in [4.78, 5) is 45.1. The van der Waals surface area contributed by atoms with Gasteiger partial charge in [-0.3, -0.25) is 9.59 Å². The van der Waals surface area contributed by atoms with Gasteiger partial charge in [-0.25, -0.2) is 4.79 Å². The number of rotatable bonds is 17. The van der Waals surface area contributed by atoms with Gasteiger partial charge in [-0.1, -0.05) is 29.3 Å². The second kappa shape index (κ2) is 19.1. The third kappa shape index (κ3) is 11.4. The molecule has 0 spiro atoms. The number of halogens is 2. The number of ether oxygens (including phenoxy) is 5. The molecule has 2 heterocycles. The van der Waals surface area contributed by atoms with Crippen molar-refractivity contribution in [2.45, 2.75) is 90.1 Å². The lowest BCUT2D eigenvalue weighted by molar-refractivity contribution is -0.155. The summed E-state index contributed by atoms with van der Waals surface area (Å²) in [5.74, 6) is -0.379. The summed E-state index contributed by atoms with van der Waals surface area (Å²) < 4.78 is 29.5. The summed E-state index contributed by atoms with van der Waals surface area (Å²) in [6, 6.07) is 12.5. The van der Waals surface area contributed by atoms with E-state index >= 15 is 0 Å². The zero-order valence-electron chi connectivity index (χ0n) is 33.3. The minimum atomic E-state index is -1.75. The van der Waals surface area contributed by atoms with Crippen LogP contribution < -0.4 is 15.0 Å². The van der Waals surface area contributed by atoms with Gasteiger partial charge in [-0.05, 0) is 112 Å². The molecule has 5 rings (SSSR count). The Hall–Kier alpha value is -3.81. The number of aryl methyl sites for hydroxylation is 2. The SMILES string of the molecule is COCCCc1cc(CN(C(=O)[C@H]2CN(C(=O)OC(C)(C)C)CC[C@@]2(O)c2ccn(CCOc3c(Cl)cc(C)cc3Cl)c(=O)c2)C2CC2)cc(OCCOC)c1. The van der Waals surface area contributed by atoms with Crippen molar-refractivity contribution in [3.63, 3.8) is 0 Å². The molecule has 1 saturated heterocycles. The van der Waals surface area contributed by atoms with E-state index < -0.39 is 23.2 Å². The van der Waals surface area contributed by atoms with E-state index in [4.69, 9.17) is 46.9 Å². The van der Waals surface area contributed by atoms with E-state index in [1.807, 2.05) is 19.1 Å². The smallest absolute Gasteiger partial charge is 0.410 e. The summed E-state index contributed by atoms with van der Waals surface area (Å²) in [7, 11) is 3.29. The Balaban J connectivity index is 1.42. The first-order valence-corrected chi connectivity index (χ1v) is 19.9. The fourth-order valence-electron chi connectivity index (χ4n) is 6.98. The lowest BCUT2D eigenvalue weighted by Gasteiger charge is -2.45. The number of likely N-dealkylation sites (tertiary alicyclic amines) is 1. The van der Waals surface area contributed by atoms with Gasteiger partial charge < -0.3 is 43.2 Å². The maximum atomic E-state index is 14.9. The Morgan fingerprint density at radius 1 is 0.946 bits per heavy atom. The Morgan fingerprint density at radius 3 is 2.29 bits per heavy atom. The average Bonchev–Trinajstić information content (AvgIpc) is 3.97. The predicted octanol–water partition coefficient (Wildman–Crippen LogP) is 6.78. The molecule has 0 bridgehead atoms. The highest BCUT2D eigenvalue weighted by atomic mass is 35.5. The fourth-order valence-corrected chi connectivity index (χ4v) is 7.68. The molecule has 1 aliphatic carbocycles. The van der Waals surface area contributed by atoms with Crippen molar-refractivity contribution < 1.29 is 38.4 Å². The average molecular weight is 817 g/mol. The quantitative estimate of drug-likeness (QED) is 0.147. The zero-order valence-corrected chi connectivity index (χ0v) is 34.8. The number of piperidine rings is 1. The van der Waals surface area contributed by atoms with Gasteiger partial charge in [0.2, 0.25) is 5.91 Å². The van der Waals surface area contributed by atoms with E-state index in [1.54, 1.807) is 64.3 Å². The predicted molar refractivity (Wildman–Crippen MR) is 215 cm³/mol. The first kappa shape index (κ1) is 43.3. The summed E-state index contributed by atoms with van der Waals surface area (Å²) in [6.45, 7) is 9.24. The number of carbonyl (C=O) groups excluding carboxylic acids is 2. The molecule has 2 fully saturated rings. The third-order valence-corrected chi connectivity index (χ3v) is 10.5. The lowest BCUT2D eigenvalue weighted by atomic mass is 9.75. The summed E-state index contributed by atoms with van der Waals surface area (Å²) in [5, 5.41) is 13.4. The molecule has 0 radical (unpaired) electrons. The van der Waals surface area contributed by atoms with E-state index in [9.17, 15) is 19.5 Å². The van der Waals surface area contributed by atoms with Crippen LogP contribution in [0.25, 0.3) is 0 Å². The van der Waals surface area contributed by atoms with Crippen LogP contribution in [0.1, 0.15) is 68.7 Å². The second-order valence-electron chi connectivity index (χ2n) is 15.6. The highest BCUT2D eigenvalue weighted by Gasteiger charge is 2.51. The van der Waals surface area contributed by atoms with E-state index in [1.165, 1.54) is 15.5 Å². The fraction of sp³-hybridized carbons (Fsp3) is 0.548. The third-order valence-electron chi connectivity index (χ3n) is 9.93. The molecule has 2 aliphatic rings. The monoisotopic (exact) mass is 815 g/mol. The van der Waals surface area contributed by atoms with E-state index in [0.29, 0.717) is 46.9 Å². The van der Waals surface area contributed by atoms with Gasteiger partial charge in [-0.15, -0.1) is 0 Å². The Morgan fingerprint density at radius 2 is 1.64 bits per heavy atom. The van der Waals surface area contributed by atoms with Crippen LogP contribution in [0.15, 0.2) is 53.5 Å². The molecule has 2 aromatic carbocycles. The number of benzene rings is 2. The van der Waals surface area contributed by atoms with Crippen molar-refractivity contribution in [3.8, 4) is 11.5 Å². The molecular formula is C42H55Cl2N3O9. The van der Waals surface area contributed by atoms with Crippen molar-refractivity contribution in [2.75, 3.05) is 53.7 Å². The lowest BCUT2D eigenvalue weighted by Crippen LogP contribution is -2.58. The van der Waals surface area contributed by atoms with Crippen molar-refractivity contribution in [3.05, 3.63) is 91.3 Å². The number of hydrogen-bond acceptors (Lipinski definition) is 9. The van der Waals surface area contributed by atoms with Gasteiger partial charge in [-0.2, -0.15) is 0 Å². The Labute approximate surface area is 339 Å². The van der Waals surface area contributed by atoms with Gasteiger partial charge in [0.25, 0.3) is 5.56 Å². The minimum Gasteiger partial charge on any atom is -0.491 e. The molecule has 3 aromatic rings. The molecule has 1 aromatic heterocycles. The number of hydrogen-bond donors (Lipinski definition) is 1. The van der Waals surface area contributed by atoms with Crippen LogP contribution in [0.5, 0.6) is 11.5 Å². The Kier molecular flexibility index (Phi) is 14.8. The van der Waals surface area contributed by atoms with Crippen molar-refractivity contribution in [1.82, 2.24) is 14.4 Å². The van der Waals surface area contributed by atoms with Gasteiger partial charge >= 0.3 is 6.09 Å². The van der Waals surface area contributed by atoms with Crippen LogP contribution in [0.2, 0.25) is 10.0 Å². The van der Waals surface area contributed by atoms with Crippen molar-refractivity contribution in [1.29, 1.82) is 0 Å². The number of aliphatic hydroxyl groups is 1. The largest absolute Gasteiger partial charge is 0.491 e. The highest BCUT2D eigenvalue weighted by molar-refractivity contribution is 6.37. The van der Waals surface area contributed by atoms with E-state index in [-0.39, 0.29) is 56.7 Å². The second-order valence-corrected chi connectivity index (χ2v) is 16.4. The summed E-state index contributed by atoms with van der Waals surface area (Å²) in [5.41, 5.74) is 0.239. The van der Waals surface area contributed by atoms with Crippen molar-refractivity contribution >= 4 is 35.2 Å². The van der Waals surface area contributed by atoms with Gasteiger partial charge in [0.1, 0.15) is 30.2 Å². The number of nitrogens with zero attached hydrogens (tertiary/aromatic N) is 3. The normalized spacial score (nSPS) is 18.4. The van der Waals surface area contributed by atoms with Crippen LogP contribution in [-0.2, 0) is 44.1 Å². The molecule has 56 heavy (non-hydrogen) atoms. The number of pyridine rings is 1. The zero-order chi connectivity index (χ0) is 40.6. The number of aromatic nitrogens is 1. The van der Waals surface area contributed by atoms with Crippen LogP contribution in [-0.4, -0.2) is 96.9 Å². The maximum Gasteiger partial charge on any atom is 0.410 e. The molecule has 1 saturated carbocycles. The molecular weight excluding hydrogens is 761 g/mol. The summed E-state index contributed by atoms with van der Waals surface area (Å²) >= 11 is 12.7. The van der Waals surface area contributed by atoms with Crippen LogP contribution in [0.3, 0.4) is 0 Å².